The summed E-state index contributed by atoms with van der Waals surface area (Å²) in [5.74, 6) is -0.327. The summed E-state index contributed by atoms with van der Waals surface area (Å²) in [6.07, 6.45) is 0.504. The van der Waals surface area contributed by atoms with Crippen molar-refractivity contribution < 1.29 is 23.7 Å². The molecule has 0 aliphatic carbocycles. The Morgan fingerprint density at radius 2 is 2.17 bits per heavy atom. The van der Waals surface area contributed by atoms with Gasteiger partial charge in [-0.1, -0.05) is 6.92 Å². The van der Waals surface area contributed by atoms with Crippen LogP contribution in [-0.4, -0.2) is 43.8 Å². The van der Waals surface area contributed by atoms with Crippen LogP contribution in [0.4, 0.5) is 0 Å². The van der Waals surface area contributed by atoms with Crippen LogP contribution in [0.1, 0.15) is 40.5 Å². The van der Waals surface area contributed by atoms with Gasteiger partial charge >= 0.3 is 5.97 Å². The van der Waals surface area contributed by atoms with Crippen LogP contribution in [0.15, 0.2) is 0 Å². The molecule has 0 saturated carbocycles. The molecule has 1 aliphatic rings. The number of methoxy groups -OCH3 is 1. The largest absolute Gasteiger partial charge is 0.457 e. The Balaban J connectivity index is 2.73. The highest BCUT2D eigenvalue weighted by molar-refractivity contribution is 5.66. The number of carbonyl (C=O) groups excluding carboxylic acids is 1. The topological polar surface area (TPSA) is 54.0 Å². The molecule has 0 aromatic rings. The summed E-state index contributed by atoms with van der Waals surface area (Å²) in [6.45, 7) is 7.87. The molecule has 5 heteroatoms. The molecule has 0 radical (unpaired) electrons. The van der Waals surface area contributed by atoms with Crippen molar-refractivity contribution in [3.63, 3.8) is 0 Å². The second kappa shape index (κ2) is 6.50. The summed E-state index contributed by atoms with van der Waals surface area (Å²) in [7, 11) is 1.62. The third-order valence-electron chi connectivity index (χ3n) is 3.23. The second-order valence-electron chi connectivity index (χ2n) is 4.89. The molecule has 4 unspecified atom stereocenters. The molecule has 1 rings (SSSR count). The minimum absolute atomic E-state index is 0.255. The van der Waals surface area contributed by atoms with Gasteiger partial charge in [0.15, 0.2) is 12.4 Å². The van der Waals surface area contributed by atoms with E-state index in [-0.39, 0.29) is 18.4 Å². The predicted octanol–water partition coefficient (Wildman–Crippen LogP) is 1.88. The zero-order valence-electron chi connectivity index (χ0n) is 11.9. The van der Waals surface area contributed by atoms with Gasteiger partial charge in [-0.2, -0.15) is 0 Å². The lowest BCUT2D eigenvalue weighted by atomic mass is 9.88. The average molecular weight is 260 g/mol. The zero-order valence-corrected chi connectivity index (χ0v) is 11.9. The maximum absolute atomic E-state index is 11.2. The number of esters is 1. The summed E-state index contributed by atoms with van der Waals surface area (Å²) in [6, 6.07) is 0. The van der Waals surface area contributed by atoms with Gasteiger partial charge in [-0.3, -0.25) is 4.79 Å². The van der Waals surface area contributed by atoms with E-state index in [0.717, 1.165) is 6.42 Å². The van der Waals surface area contributed by atoms with Crippen molar-refractivity contribution in [1.82, 2.24) is 0 Å². The maximum atomic E-state index is 11.2. The molecule has 0 N–H and O–H groups in total. The van der Waals surface area contributed by atoms with Crippen LogP contribution in [-0.2, 0) is 23.7 Å². The van der Waals surface area contributed by atoms with Gasteiger partial charge < -0.3 is 18.9 Å². The minimum atomic E-state index is -0.582. The monoisotopic (exact) mass is 260 g/mol. The molecule has 1 heterocycles. The molecule has 1 fully saturated rings. The van der Waals surface area contributed by atoms with E-state index in [1.807, 2.05) is 20.8 Å². The Kier molecular flexibility index (Phi) is 5.56. The second-order valence-corrected chi connectivity index (χ2v) is 4.89. The number of hydrogen-bond acceptors (Lipinski definition) is 5. The summed E-state index contributed by atoms with van der Waals surface area (Å²) >= 11 is 0. The summed E-state index contributed by atoms with van der Waals surface area (Å²) < 4.78 is 22.2. The molecule has 5 nitrogen and oxygen atoms in total. The SMILES string of the molecule is CCCOC1CC(C)(OC)C(OC(C)=O)C(C)O1. The van der Waals surface area contributed by atoms with Crippen molar-refractivity contribution in [3.05, 3.63) is 0 Å². The molecule has 18 heavy (non-hydrogen) atoms. The predicted molar refractivity (Wildman–Crippen MR) is 66.2 cm³/mol. The first-order valence-electron chi connectivity index (χ1n) is 6.42. The number of carbonyl (C=O) groups is 1. The van der Waals surface area contributed by atoms with E-state index in [9.17, 15) is 4.79 Å². The summed E-state index contributed by atoms with van der Waals surface area (Å²) in [4.78, 5) is 11.2. The van der Waals surface area contributed by atoms with Crippen LogP contribution in [0.25, 0.3) is 0 Å². The number of hydrogen-bond donors (Lipinski definition) is 0. The molecular formula is C13H24O5. The summed E-state index contributed by atoms with van der Waals surface area (Å²) in [5, 5.41) is 0. The van der Waals surface area contributed by atoms with Gasteiger partial charge in [-0.25, -0.2) is 0 Å². The van der Waals surface area contributed by atoms with Crippen LogP contribution in [0, 0.1) is 0 Å². The molecule has 4 atom stereocenters. The van der Waals surface area contributed by atoms with E-state index in [2.05, 4.69) is 0 Å². The van der Waals surface area contributed by atoms with E-state index >= 15 is 0 Å². The minimum Gasteiger partial charge on any atom is -0.457 e. The third-order valence-corrected chi connectivity index (χ3v) is 3.23. The van der Waals surface area contributed by atoms with E-state index < -0.39 is 11.7 Å². The van der Waals surface area contributed by atoms with Crippen LogP contribution < -0.4 is 0 Å². The Morgan fingerprint density at radius 3 is 2.67 bits per heavy atom. The van der Waals surface area contributed by atoms with E-state index in [4.69, 9.17) is 18.9 Å². The molecule has 0 amide bonds. The van der Waals surface area contributed by atoms with Gasteiger partial charge in [-0.05, 0) is 20.3 Å². The lowest BCUT2D eigenvalue weighted by molar-refractivity contribution is -0.281. The van der Waals surface area contributed by atoms with E-state index in [1.54, 1.807) is 7.11 Å². The number of ether oxygens (including phenoxy) is 4. The zero-order chi connectivity index (χ0) is 13.8. The van der Waals surface area contributed by atoms with Crippen molar-refractivity contribution in [2.75, 3.05) is 13.7 Å². The highest BCUT2D eigenvalue weighted by Gasteiger charge is 2.48. The van der Waals surface area contributed by atoms with E-state index in [0.29, 0.717) is 13.0 Å². The lowest BCUT2D eigenvalue weighted by Crippen LogP contribution is -2.57. The molecule has 0 aromatic carbocycles. The maximum Gasteiger partial charge on any atom is 0.303 e. The Labute approximate surface area is 109 Å². The van der Waals surface area contributed by atoms with Crippen molar-refractivity contribution in [2.24, 2.45) is 0 Å². The molecule has 0 bridgehead atoms. The van der Waals surface area contributed by atoms with Crippen LogP contribution in [0.3, 0.4) is 0 Å². The quantitative estimate of drug-likeness (QED) is 0.706. The van der Waals surface area contributed by atoms with Gasteiger partial charge in [-0.15, -0.1) is 0 Å². The Bertz CT molecular complexity index is 281. The fourth-order valence-electron chi connectivity index (χ4n) is 2.25. The first-order chi connectivity index (χ1) is 8.42. The molecule has 0 spiro atoms. The van der Waals surface area contributed by atoms with Crippen LogP contribution in [0.2, 0.25) is 0 Å². The smallest absolute Gasteiger partial charge is 0.303 e. The van der Waals surface area contributed by atoms with Gasteiger partial charge in [0.1, 0.15) is 5.60 Å². The van der Waals surface area contributed by atoms with Gasteiger partial charge in [0, 0.05) is 27.1 Å². The van der Waals surface area contributed by atoms with E-state index in [1.165, 1.54) is 6.92 Å². The molecule has 1 saturated heterocycles. The van der Waals surface area contributed by atoms with Crippen molar-refractivity contribution >= 4 is 5.97 Å². The Morgan fingerprint density at radius 1 is 1.50 bits per heavy atom. The molecule has 106 valence electrons. The fraction of sp³-hybridized carbons (Fsp3) is 0.923. The molecular weight excluding hydrogens is 236 g/mol. The molecule has 1 aliphatic heterocycles. The third kappa shape index (κ3) is 3.67. The van der Waals surface area contributed by atoms with Crippen molar-refractivity contribution in [1.29, 1.82) is 0 Å². The Hall–Kier alpha value is -0.650. The lowest BCUT2D eigenvalue weighted by Gasteiger charge is -2.45. The summed E-state index contributed by atoms with van der Waals surface area (Å²) in [5.41, 5.74) is -0.582. The normalized spacial score (nSPS) is 36.4. The van der Waals surface area contributed by atoms with Crippen molar-refractivity contribution in [2.45, 2.75) is 64.6 Å². The first-order valence-corrected chi connectivity index (χ1v) is 6.42. The standard InChI is InChI=1S/C13H24O5/c1-6-7-16-11-8-13(4,15-5)12(9(2)17-11)18-10(3)14/h9,11-12H,6-8H2,1-5H3. The van der Waals surface area contributed by atoms with Gasteiger partial charge in [0.05, 0.1) is 6.10 Å². The van der Waals surface area contributed by atoms with Crippen LogP contribution in [0.5, 0.6) is 0 Å². The van der Waals surface area contributed by atoms with Crippen LogP contribution >= 0.6 is 0 Å². The fourth-order valence-corrected chi connectivity index (χ4v) is 2.25. The van der Waals surface area contributed by atoms with Gasteiger partial charge in [0.25, 0.3) is 0 Å². The highest BCUT2D eigenvalue weighted by Crippen LogP contribution is 2.34. The molecule has 0 aromatic heterocycles. The van der Waals surface area contributed by atoms with Crippen molar-refractivity contribution in [3.8, 4) is 0 Å². The first kappa shape index (κ1) is 15.4. The van der Waals surface area contributed by atoms with Gasteiger partial charge in [0.2, 0.25) is 0 Å². The average Bonchev–Trinajstić information content (AvgIpc) is 2.31. The number of rotatable bonds is 5. The highest BCUT2D eigenvalue weighted by atomic mass is 16.7.